The lowest BCUT2D eigenvalue weighted by Crippen LogP contribution is -2.43. The number of fused-ring (bicyclic) bond motifs is 1. The summed E-state index contributed by atoms with van der Waals surface area (Å²) in [5, 5.41) is 4.72. The van der Waals surface area contributed by atoms with Gasteiger partial charge in [0.15, 0.2) is 0 Å². The number of halogens is 1. The minimum Gasteiger partial charge on any atom is -0.495 e. The normalized spacial score (nSPS) is 15.0. The van der Waals surface area contributed by atoms with E-state index in [1.54, 1.807) is 43.6 Å². The zero-order valence-corrected chi connectivity index (χ0v) is 20.2. The van der Waals surface area contributed by atoms with Gasteiger partial charge in [-0.1, -0.05) is 17.7 Å². The summed E-state index contributed by atoms with van der Waals surface area (Å²) < 4.78 is 34.5. The van der Waals surface area contributed by atoms with Crippen molar-refractivity contribution < 1.29 is 13.2 Å². The first-order valence-corrected chi connectivity index (χ1v) is 12.5. The van der Waals surface area contributed by atoms with E-state index in [2.05, 4.69) is 15.1 Å². The topological polar surface area (TPSA) is 66.8 Å². The fourth-order valence-electron chi connectivity index (χ4n) is 4.08. The number of hydrogen-bond acceptors (Lipinski definition) is 6. The number of hydrogen-bond donors (Lipinski definition) is 1. The molecule has 0 aliphatic carbocycles. The molecule has 1 fully saturated rings. The lowest BCUT2D eigenvalue weighted by Gasteiger charge is -2.30. The quantitative estimate of drug-likeness (QED) is 0.565. The van der Waals surface area contributed by atoms with Crippen molar-refractivity contribution in [3.8, 4) is 5.75 Å². The van der Waals surface area contributed by atoms with Crippen LogP contribution in [0.4, 0.5) is 5.69 Å². The third kappa shape index (κ3) is 4.45. The van der Waals surface area contributed by atoms with E-state index >= 15 is 0 Å². The molecule has 1 aliphatic heterocycles. The van der Waals surface area contributed by atoms with Crippen LogP contribution < -0.4 is 15.0 Å². The van der Waals surface area contributed by atoms with Crippen LogP contribution in [0.15, 0.2) is 47.5 Å². The Kier molecular flexibility index (Phi) is 6.67. The van der Waals surface area contributed by atoms with Crippen molar-refractivity contribution in [1.82, 2.24) is 14.2 Å². The summed E-state index contributed by atoms with van der Waals surface area (Å²) in [6.45, 7) is 4.08. The smallest absolute Gasteiger partial charge is 0.268 e. The van der Waals surface area contributed by atoms with Gasteiger partial charge in [0.25, 0.3) is 10.0 Å². The second kappa shape index (κ2) is 9.31. The minimum absolute atomic E-state index is 0.225. The lowest BCUT2D eigenvalue weighted by atomic mass is 10.1. The van der Waals surface area contributed by atoms with Gasteiger partial charge >= 0.3 is 0 Å². The van der Waals surface area contributed by atoms with Gasteiger partial charge in [-0.25, -0.2) is 12.4 Å². The van der Waals surface area contributed by atoms with Crippen LogP contribution in [0.1, 0.15) is 5.56 Å². The molecule has 1 N–H and O–H groups in total. The molecule has 32 heavy (non-hydrogen) atoms. The van der Waals surface area contributed by atoms with Crippen LogP contribution in [-0.4, -0.2) is 71.2 Å². The SMILES string of the molecule is COc1ccc(S(=O)(=O)n2cc(CCN(C)C)c3ccc(Cl)cc32)cc1N1CCNCC1. The second-order valence-corrected chi connectivity index (χ2v) is 10.5. The Labute approximate surface area is 194 Å². The second-order valence-electron chi connectivity index (χ2n) is 8.24. The molecule has 2 aromatic carbocycles. The third-order valence-corrected chi connectivity index (χ3v) is 7.71. The maximum atomic E-state index is 13.8. The van der Waals surface area contributed by atoms with Crippen LogP contribution >= 0.6 is 11.6 Å². The molecule has 2 heterocycles. The fourth-order valence-corrected chi connectivity index (χ4v) is 5.65. The molecule has 0 amide bonds. The summed E-state index contributed by atoms with van der Waals surface area (Å²) >= 11 is 6.24. The lowest BCUT2D eigenvalue weighted by molar-refractivity contribution is 0.412. The van der Waals surface area contributed by atoms with E-state index in [9.17, 15) is 8.42 Å². The molecule has 0 atom stereocenters. The van der Waals surface area contributed by atoms with E-state index in [-0.39, 0.29) is 4.90 Å². The zero-order chi connectivity index (χ0) is 22.9. The van der Waals surface area contributed by atoms with Crippen molar-refractivity contribution in [2.75, 3.05) is 58.8 Å². The Bertz CT molecular complexity index is 1220. The number of anilines is 1. The molecule has 3 aromatic rings. The molecule has 0 radical (unpaired) electrons. The monoisotopic (exact) mass is 476 g/mol. The average Bonchev–Trinajstić information content (AvgIpc) is 3.16. The number of aromatic nitrogens is 1. The van der Waals surface area contributed by atoms with Crippen LogP contribution in [0, 0.1) is 0 Å². The van der Waals surface area contributed by atoms with E-state index in [1.165, 1.54) is 3.97 Å². The van der Waals surface area contributed by atoms with Gasteiger partial charge in [0.05, 0.1) is 23.2 Å². The van der Waals surface area contributed by atoms with Gasteiger partial charge in [-0.15, -0.1) is 0 Å². The highest BCUT2D eigenvalue weighted by molar-refractivity contribution is 7.90. The first-order chi connectivity index (χ1) is 15.3. The van der Waals surface area contributed by atoms with E-state index < -0.39 is 10.0 Å². The Morgan fingerprint density at radius 1 is 1.12 bits per heavy atom. The van der Waals surface area contributed by atoms with Gasteiger partial charge in [0.1, 0.15) is 5.75 Å². The molecular weight excluding hydrogens is 448 g/mol. The summed E-state index contributed by atoms with van der Waals surface area (Å²) in [5.41, 5.74) is 2.35. The fraction of sp³-hybridized carbons (Fsp3) is 0.391. The van der Waals surface area contributed by atoms with Gasteiger partial charge < -0.3 is 19.9 Å². The Morgan fingerprint density at radius 2 is 1.88 bits per heavy atom. The van der Waals surface area contributed by atoms with Crippen molar-refractivity contribution in [3.05, 3.63) is 53.2 Å². The van der Waals surface area contributed by atoms with Crippen LogP contribution in [0.25, 0.3) is 10.9 Å². The Balaban J connectivity index is 1.82. The summed E-state index contributed by atoms with van der Waals surface area (Å²) in [6, 6.07) is 10.5. The zero-order valence-electron chi connectivity index (χ0n) is 18.6. The number of nitrogens with zero attached hydrogens (tertiary/aromatic N) is 3. The largest absolute Gasteiger partial charge is 0.495 e. The molecule has 9 heteroatoms. The average molecular weight is 477 g/mol. The van der Waals surface area contributed by atoms with Crippen molar-refractivity contribution in [2.24, 2.45) is 0 Å². The van der Waals surface area contributed by atoms with Crippen LogP contribution in [-0.2, 0) is 16.4 Å². The highest BCUT2D eigenvalue weighted by Gasteiger charge is 2.24. The molecular formula is C23H29ClN4O3S. The number of piperazine rings is 1. The molecule has 0 bridgehead atoms. The van der Waals surface area contributed by atoms with Gasteiger partial charge in [0, 0.05) is 49.3 Å². The summed E-state index contributed by atoms with van der Waals surface area (Å²) in [6.07, 6.45) is 2.47. The number of nitrogens with one attached hydrogen (secondary N) is 1. The Morgan fingerprint density at radius 3 is 2.56 bits per heavy atom. The van der Waals surface area contributed by atoms with E-state index in [0.29, 0.717) is 16.3 Å². The van der Waals surface area contributed by atoms with Crippen LogP contribution in [0.3, 0.4) is 0 Å². The summed E-state index contributed by atoms with van der Waals surface area (Å²) in [7, 11) is 1.77. The van der Waals surface area contributed by atoms with Crippen molar-refractivity contribution in [2.45, 2.75) is 11.3 Å². The molecule has 1 aromatic heterocycles. The number of ether oxygens (including phenoxy) is 1. The van der Waals surface area contributed by atoms with Gasteiger partial charge in [-0.05, 0) is 56.4 Å². The van der Waals surface area contributed by atoms with Crippen molar-refractivity contribution in [1.29, 1.82) is 0 Å². The first-order valence-electron chi connectivity index (χ1n) is 10.6. The summed E-state index contributed by atoms with van der Waals surface area (Å²) in [4.78, 5) is 4.46. The molecule has 1 saturated heterocycles. The molecule has 1 aliphatic rings. The third-order valence-electron chi connectivity index (χ3n) is 5.81. The predicted molar refractivity (Wildman–Crippen MR) is 130 cm³/mol. The van der Waals surface area contributed by atoms with E-state index in [4.69, 9.17) is 16.3 Å². The van der Waals surface area contributed by atoms with Crippen LogP contribution in [0.2, 0.25) is 5.02 Å². The maximum Gasteiger partial charge on any atom is 0.268 e. The predicted octanol–water partition coefficient (Wildman–Crippen LogP) is 3.05. The molecule has 0 saturated carbocycles. The number of likely N-dealkylation sites (N-methyl/N-ethyl adjacent to an activating group) is 1. The van der Waals surface area contributed by atoms with E-state index in [0.717, 1.165) is 55.8 Å². The molecule has 0 unspecified atom stereocenters. The molecule has 172 valence electrons. The van der Waals surface area contributed by atoms with Crippen molar-refractivity contribution >= 4 is 38.2 Å². The highest BCUT2D eigenvalue weighted by Crippen LogP contribution is 2.34. The van der Waals surface area contributed by atoms with E-state index in [1.807, 2.05) is 20.2 Å². The highest BCUT2D eigenvalue weighted by atomic mass is 35.5. The summed E-state index contributed by atoms with van der Waals surface area (Å²) in [5.74, 6) is 0.665. The van der Waals surface area contributed by atoms with Gasteiger partial charge in [0.2, 0.25) is 0 Å². The molecule has 4 rings (SSSR count). The maximum absolute atomic E-state index is 13.8. The van der Waals surface area contributed by atoms with Crippen molar-refractivity contribution in [3.63, 3.8) is 0 Å². The Hall–Kier alpha value is -2.26. The first kappa shape index (κ1) is 22.9. The number of rotatable bonds is 7. The van der Waals surface area contributed by atoms with Gasteiger partial charge in [-0.3, -0.25) is 0 Å². The molecule has 0 spiro atoms. The number of methoxy groups -OCH3 is 1. The van der Waals surface area contributed by atoms with Crippen LogP contribution in [0.5, 0.6) is 5.75 Å². The van der Waals surface area contributed by atoms with Gasteiger partial charge in [-0.2, -0.15) is 0 Å². The number of benzene rings is 2. The minimum atomic E-state index is -3.84. The molecule has 7 nitrogen and oxygen atoms in total. The standard InChI is InChI=1S/C23H29ClN4O3S/c1-26(2)11-8-17-16-28(21-14-18(24)4-6-20(17)21)32(29,30)19-5-7-23(31-3)22(15-19)27-12-9-25-10-13-27/h4-7,14-16,25H,8-13H2,1-3H3.